The number of aryl methyl sites for hydroxylation is 4. The molecule has 0 saturated heterocycles. The van der Waals surface area contributed by atoms with Crippen LogP contribution in [0.2, 0.25) is 0 Å². The molecule has 5 nitrogen and oxygen atoms in total. The zero-order valence-electron chi connectivity index (χ0n) is 20.0. The van der Waals surface area contributed by atoms with Crippen LogP contribution in [0.15, 0.2) is 57.7 Å². The van der Waals surface area contributed by atoms with E-state index >= 15 is 0 Å². The Morgan fingerprint density at radius 2 is 1.68 bits per heavy atom. The van der Waals surface area contributed by atoms with Crippen molar-refractivity contribution in [3.63, 3.8) is 0 Å². The van der Waals surface area contributed by atoms with Gasteiger partial charge in [-0.1, -0.05) is 36.8 Å². The lowest BCUT2D eigenvalue weighted by molar-refractivity contribution is 0.171. The maximum Gasteiger partial charge on any atom is 0.200 e. The highest BCUT2D eigenvalue weighted by Crippen LogP contribution is 2.36. The number of fused-ring (bicyclic) bond motifs is 2. The van der Waals surface area contributed by atoms with Crippen LogP contribution in [0.1, 0.15) is 34.9 Å². The van der Waals surface area contributed by atoms with Crippen LogP contribution in [-0.4, -0.2) is 13.2 Å². The normalized spacial score (nSPS) is 12.7. The van der Waals surface area contributed by atoms with Crippen molar-refractivity contribution in [2.75, 3.05) is 13.2 Å². The predicted octanol–water partition coefficient (Wildman–Crippen LogP) is 6.30. The van der Waals surface area contributed by atoms with E-state index in [1.54, 1.807) is 0 Å². The number of hydrogen-bond donors (Lipinski definition) is 0. The van der Waals surface area contributed by atoms with Gasteiger partial charge in [0.2, 0.25) is 5.43 Å². The van der Waals surface area contributed by atoms with Gasteiger partial charge in [-0.25, -0.2) is 0 Å². The number of hydrogen-bond acceptors (Lipinski definition) is 5. The summed E-state index contributed by atoms with van der Waals surface area (Å²) in [5.74, 6) is 2.63. The number of ether oxygens (including phenoxy) is 3. The Kier molecular flexibility index (Phi) is 5.78. The minimum Gasteiger partial charge on any atom is -0.488 e. The highest BCUT2D eigenvalue weighted by molar-refractivity contribution is 5.85. The zero-order chi connectivity index (χ0) is 23.8. The van der Waals surface area contributed by atoms with Crippen molar-refractivity contribution in [1.82, 2.24) is 0 Å². The molecule has 34 heavy (non-hydrogen) atoms. The minimum atomic E-state index is -0.0637. The quantitative estimate of drug-likeness (QED) is 0.353. The Morgan fingerprint density at radius 1 is 0.882 bits per heavy atom. The molecular weight excluding hydrogens is 428 g/mol. The van der Waals surface area contributed by atoms with Crippen molar-refractivity contribution in [3.8, 4) is 28.4 Å². The predicted molar refractivity (Wildman–Crippen MR) is 133 cm³/mol. The molecule has 0 N–H and O–H groups in total. The molecule has 1 aliphatic heterocycles. The van der Waals surface area contributed by atoms with Crippen LogP contribution in [0.25, 0.3) is 22.1 Å². The van der Waals surface area contributed by atoms with Crippen LogP contribution in [0, 0.1) is 20.8 Å². The average molecular weight is 457 g/mol. The molecule has 2 heterocycles. The molecule has 0 aliphatic carbocycles. The molecule has 0 radical (unpaired) electrons. The fourth-order valence-corrected chi connectivity index (χ4v) is 4.43. The van der Waals surface area contributed by atoms with Crippen molar-refractivity contribution in [1.29, 1.82) is 0 Å². The molecule has 0 unspecified atom stereocenters. The first-order chi connectivity index (χ1) is 16.4. The maximum atomic E-state index is 13.6. The molecule has 0 atom stereocenters. The molecule has 4 aromatic rings. The van der Waals surface area contributed by atoms with E-state index < -0.39 is 0 Å². The molecule has 5 rings (SSSR count). The second-order valence-corrected chi connectivity index (χ2v) is 8.75. The van der Waals surface area contributed by atoms with Crippen LogP contribution in [0.5, 0.6) is 17.2 Å². The Hall–Kier alpha value is -3.73. The lowest BCUT2D eigenvalue weighted by Crippen LogP contribution is -2.15. The molecule has 5 heteroatoms. The number of rotatable bonds is 5. The van der Waals surface area contributed by atoms with Gasteiger partial charge in [-0.2, -0.15) is 0 Å². The first-order valence-corrected chi connectivity index (χ1v) is 11.6. The van der Waals surface area contributed by atoms with Gasteiger partial charge in [-0.3, -0.25) is 4.79 Å². The Morgan fingerprint density at radius 3 is 2.47 bits per heavy atom. The summed E-state index contributed by atoms with van der Waals surface area (Å²) in [7, 11) is 0. The molecule has 0 amide bonds. The molecule has 1 aliphatic rings. The molecule has 0 saturated carbocycles. The van der Waals surface area contributed by atoms with Gasteiger partial charge >= 0.3 is 0 Å². The zero-order valence-corrected chi connectivity index (χ0v) is 20.0. The minimum absolute atomic E-state index is 0.0637. The molecule has 3 aromatic carbocycles. The third-order valence-electron chi connectivity index (χ3n) is 6.35. The van der Waals surface area contributed by atoms with Crippen molar-refractivity contribution in [2.24, 2.45) is 0 Å². The summed E-state index contributed by atoms with van der Waals surface area (Å²) < 4.78 is 23.7. The largest absolute Gasteiger partial charge is 0.488 e. The van der Waals surface area contributed by atoms with Gasteiger partial charge in [-0.05, 0) is 67.6 Å². The Bertz CT molecular complexity index is 1450. The maximum absolute atomic E-state index is 13.6. The van der Waals surface area contributed by atoms with Crippen LogP contribution in [-0.2, 0) is 13.0 Å². The fourth-order valence-electron chi connectivity index (χ4n) is 4.43. The van der Waals surface area contributed by atoms with Gasteiger partial charge in [-0.15, -0.1) is 0 Å². The van der Waals surface area contributed by atoms with Crippen molar-refractivity contribution in [3.05, 3.63) is 86.8 Å². The van der Waals surface area contributed by atoms with Gasteiger partial charge in [0.05, 0.1) is 10.9 Å². The van der Waals surface area contributed by atoms with Crippen molar-refractivity contribution >= 4 is 11.0 Å². The van der Waals surface area contributed by atoms with E-state index in [9.17, 15) is 4.79 Å². The monoisotopic (exact) mass is 456 g/mol. The van der Waals surface area contributed by atoms with Gasteiger partial charge < -0.3 is 18.6 Å². The Balaban J connectivity index is 1.55. The molecular formula is C29H28O5. The summed E-state index contributed by atoms with van der Waals surface area (Å²) in [5, 5.41) is 0.548. The fraction of sp³-hybridized carbons (Fsp3) is 0.276. The molecule has 174 valence electrons. The smallest absolute Gasteiger partial charge is 0.200 e. The molecule has 0 bridgehead atoms. The third kappa shape index (κ3) is 4.03. The molecule has 0 fully saturated rings. The molecule has 0 spiro atoms. The van der Waals surface area contributed by atoms with Gasteiger partial charge in [0.25, 0.3) is 0 Å². The summed E-state index contributed by atoms with van der Waals surface area (Å²) in [5.41, 5.74) is 6.27. The topological polar surface area (TPSA) is 57.9 Å². The van der Waals surface area contributed by atoms with Crippen LogP contribution < -0.4 is 19.6 Å². The van der Waals surface area contributed by atoms with Crippen molar-refractivity contribution in [2.45, 2.75) is 40.7 Å². The van der Waals surface area contributed by atoms with E-state index in [4.69, 9.17) is 18.6 Å². The summed E-state index contributed by atoms with van der Waals surface area (Å²) >= 11 is 0. The lowest BCUT2D eigenvalue weighted by Gasteiger charge is -2.19. The second kappa shape index (κ2) is 8.90. The SMILES string of the molecule is CCc1cc2c(=O)c(-c3ccc4c(c3)OCCO4)c(C)oc2cc1OCc1cc(C)ccc1C. The number of benzene rings is 3. The van der Waals surface area contributed by atoms with E-state index in [2.05, 4.69) is 39.0 Å². The highest BCUT2D eigenvalue weighted by atomic mass is 16.6. The van der Waals surface area contributed by atoms with Crippen LogP contribution in [0.4, 0.5) is 0 Å². The summed E-state index contributed by atoms with van der Waals surface area (Å²) in [4.78, 5) is 13.6. The third-order valence-corrected chi connectivity index (χ3v) is 6.35. The van der Waals surface area contributed by atoms with Gasteiger partial charge in [0.15, 0.2) is 11.5 Å². The van der Waals surface area contributed by atoms with Crippen LogP contribution in [0.3, 0.4) is 0 Å². The standard InChI is InChI=1S/C29H28O5/c1-5-20-13-23-26(15-25(20)33-16-22-12-17(2)6-7-18(22)3)34-19(4)28(29(23)30)21-8-9-24-27(14-21)32-11-10-31-24/h6-9,12-15H,5,10-11,16H2,1-4H3. The second-order valence-electron chi connectivity index (χ2n) is 8.75. The van der Waals surface area contributed by atoms with E-state index in [0.717, 1.165) is 28.9 Å². The van der Waals surface area contributed by atoms with E-state index in [1.807, 2.05) is 37.3 Å². The van der Waals surface area contributed by atoms with Gasteiger partial charge in [0.1, 0.15) is 36.9 Å². The molecule has 1 aromatic heterocycles. The van der Waals surface area contributed by atoms with Gasteiger partial charge in [0, 0.05) is 6.07 Å². The average Bonchev–Trinajstić information content (AvgIpc) is 2.84. The van der Waals surface area contributed by atoms with E-state index in [0.29, 0.717) is 53.6 Å². The van der Waals surface area contributed by atoms with E-state index in [-0.39, 0.29) is 5.43 Å². The first-order valence-electron chi connectivity index (χ1n) is 11.6. The Labute approximate surface area is 198 Å². The lowest BCUT2D eigenvalue weighted by atomic mass is 10.00. The summed E-state index contributed by atoms with van der Waals surface area (Å²) in [6.07, 6.45) is 0.741. The van der Waals surface area contributed by atoms with Crippen LogP contribution >= 0.6 is 0 Å². The summed E-state index contributed by atoms with van der Waals surface area (Å²) in [6.45, 7) is 9.52. The van der Waals surface area contributed by atoms with E-state index in [1.165, 1.54) is 11.1 Å². The highest BCUT2D eigenvalue weighted by Gasteiger charge is 2.19. The summed E-state index contributed by atoms with van der Waals surface area (Å²) in [6, 6.07) is 15.7. The van der Waals surface area contributed by atoms with Crippen molar-refractivity contribution < 1.29 is 18.6 Å². The first kappa shape index (κ1) is 22.1.